The van der Waals surface area contributed by atoms with E-state index in [0.717, 1.165) is 6.42 Å². The van der Waals surface area contributed by atoms with Crippen LogP contribution in [0.1, 0.15) is 62.4 Å². The van der Waals surface area contributed by atoms with E-state index in [1.54, 1.807) is 0 Å². The molecule has 39 heavy (non-hydrogen) atoms. The summed E-state index contributed by atoms with van der Waals surface area (Å²) in [6.45, 7) is 11.0. The number of fused-ring (bicyclic) bond motifs is 1. The summed E-state index contributed by atoms with van der Waals surface area (Å²) in [4.78, 5) is 0. The summed E-state index contributed by atoms with van der Waals surface area (Å²) in [5.41, 5.74) is 6.58. The first-order chi connectivity index (χ1) is 18.5. The van der Waals surface area contributed by atoms with E-state index in [2.05, 4.69) is 150 Å². The first-order valence-electron chi connectivity index (χ1n) is 13.5. The second kappa shape index (κ2) is 13.2. The predicted molar refractivity (Wildman–Crippen MR) is 160 cm³/mol. The molecule has 1 fully saturated rings. The van der Waals surface area contributed by atoms with Crippen molar-refractivity contribution in [1.82, 2.24) is 0 Å². The average Bonchev–Trinajstić information content (AvgIpc) is 3.38. The molecule has 1 heteroatoms. The fourth-order valence-electron chi connectivity index (χ4n) is 5.60. The Bertz CT molecular complexity index is 1240. The first-order valence-corrected chi connectivity index (χ1v) is 13.5. The molecule has 0 N–H and O–H groups in total. The van der Waals surface area contributed by atoms with Crippen LogP contribution in [0, 0.1) is 47.3 Å². The molecule has 196 valence electrons. The van der Waals surface area contributed by atoms with Crippen molar-refractivity contribution < 1.29 is 16.5 Å². The van der Waals surface area contributed by atoms with Crippen molar-refractivity contribution >= 4 is 0 Å². The van der Waals surface area contributed by atoms with Crippen LogP contribution in [0.2, 0.25) is 0 Å². The molecule has 8 radical (unpaired) electrons. The van der Waals surface area contributed by atoms with E-state index in [1.165, 1.54) is 75.2 Å². The van der Waals surface area contributed by atoms with Gasteiger partial charge in [0, 0.05) is 17.8 Å². The molecule has 0 aromatic heterocycles. The smallest absolute Gasteiger partial charge is 0.0622 e. The normalized spacial score (nSPS) is 18.0. The predicted octanol–water partition coefficient (Wildman–Crippen LogP) is 9.43. The van der Waals surface area contributed by atoms with Crippen molar-refractivity contribution in [3.05, 3.63) is 190 Å². The van der Waals surface area contributed by atoms with Crippen LogP contribution >= 0.6 is 0 Å². The van der Waals surface area contributed by atoms with Gasteiger partial charge in [-0.1, -0.05) is 150 Å². The van der Waals surface area contributed by atoms with Gasteiger partial charge < -0.3 is 0 Å². The maximum Gasteiger partial charge on any atom is 2.00 e. The molecule has 2 aliphatic carbocycles. The van der Waals surface area contributed by atoms with Crippen molar-refractivity contribution in [1.29, 1.82) is 0 Å². The van der Waals surface area contributed by atoms with Crippen LogP contribution in [-0.2, 0) is 22.9 Å². The first kappa shape index (κ1) is 29.4. The van der Waals surface area contributed by atoms with Gasteiger partial charge >= 0.3 is 16.5 Å². The second-order valence-corrected chi connectivity index (χ2v) is 10.3. The third kappa shape index (κ3) is 6.10. The summed E-state index contributed by atoms with van der Waals surface area (Å²) in [6, 6.07) is 41.2. The molecule has 6 rings (SSSR count). The molecule has 0 nitrogen and oxygen atoms in total. The Morgan fingerprint density at radius 2 is 0.744 bits per heavy atom. The largest absolute Gasteiger partial charge is 2.00 e. The number of hydrogen-bond donors (Lipinski definition) is 0. The van der Waals surface area contributed by atoms with Crippen LogP contribution in [0.5, 0.6) is 0 Å². The molecule has 1 saturated carbocycles. The van der Waals surface area contributed by atoms with Gasteiger partial charge in [0.15, 0.2) is 0 Å². The van der Waals surface area contributed by atoms with Crippen LogP contribution in [-0.4, -0.2) is 0 Å². The maximum absolute atomic E-state index is 2.27. The van der Waals surface area contributed by atoms with Crippen molar-refractivity contribution in [3.8, 4) is 0 Å². The van der Waals surface area contributed by atoms with E-state index in [-0.39, 0.29) is 16.5 Å². The van der Waals surface area contributed by atoms with Gasteiger partial charge in [-0.3, -0.25) is 0 Å². The fourth-order valence-corrected chi connectivity index (χ4v) is 5.60. The Kier molecular flexibility index (Phi) is 9.90. The standard InChI is InChI=1S/C28H21.C10H15.Ni/c1-4-12-21(13-5-1)20-26-24-18-10-11-19-25(24)27(22-14-6-2-7-15-22)28(26)23-16-8-3-9-17-23;1-6-7(2)9(4)10(5)8(6)3;/h1-19H,20H2;1-5H3;/q;;+2. The second-order valence-electron chi connectivity index (χ2n) is 10.3. The minimum absolute atomic E-state index is 0. The van der Waals surface area contributed by atoms with Gasteiger partial charge in [-0.05, 0) is 63.8 Å². The summed E-state index contributed by atoms with van der Waals surface area (Å²) >= 11 is 0. The van der Waals surface area contributed by atoms with Crippen LogP contribution in [0.3, 0.4) is 0 Å². The molecule has 0 amide bonds. The molecule has 2 aliphatic rings. The van der Waals surface area contributed by atoms with Gasteiger partial charge in [0.25, 0.3) is 0 Å². The Morgan fingerprint density at radius 1 is 0.385 bits per heavy atom. The molecule has 0 atom stereocenters. The molecule has 4 aromatic rings. The maximum atomic E-state index is 2.27. The minimum Gasteiger partial charge on any atom is -0.0622 e. The Balaban J connectivity index is 0.000000273. The van der Waals surface area contributed by atoms with E-state index in [9.17, 15) is 0 Å². The summed E-state index contributed by atoms with van der Waals surface area (Å²) in [5, 5.41) is 0. The Labute approximate surface area is 247 Å². The summed E-state index contributed by atoms with van der Waals surface area (Å²) < 4.78 is 0. The van der Waals surface area contributed by atoms with Crippen molar-refractivity contribution in [3.63, 3.8) is 0 Å². The van der Waals surface area contributed by atoms with Gasteiger partial charge in [-0.2, -0.15) is 0 Å². The minimum atomic E-state index is 0. The molecule has 0 heterocycles. The quantitative estimate of drug-likeness (QED) is 0.222. The third-order valence-electron chi connectivity index (χ3n) is 8.23. The molecule has 0 aliphatic heterocycles. The zero-order valence-corrected chi connectivity index (χ0v) is 24.5. The monoisotopic (exact) mass is 550 g/mol. The fraction of sp³-hybridized carbons (Fsp3) is 0.158. The molecular weight excluding hydrogens is 515 g/mol. The van der Waals surface area contributed by atoms with Gasteiger partial charge in [0.1, 0.15) is 0 Å². The van der Waals surface area contributed by atoms with Crippen molar-refractivity contribution in [2.24, 2.45) is 0 Å². The van der Waals surface area contributed by atoms with E-state index in [0.29, 0.717) is 0 Å². The Morgan fingerprint density at radius 3 is 1.21 bits per heavy atom. The van der Waals surface area contributed by atoms with Gasteiger partial charge in [0.05, 0.1) is 0 Å². The van der Waals surface area contributed by atoms with E-state index in [4.69, 9.17) is 0 Å². The van der Waals surface area contributed by atoms with Crippen molar-refractivity contribution in [2.45, 2.75) is 41.0 Å². The van der Waals surface area contributed by atoms with Crippen molar-refractivity contribution in [2.75, 3.05) is 0 Å². The Hall–Kier alpha value is -2.63. The van der Waals surface area contributed by atoms with Gasteiger partial charge in [-0.15, -0.1) is 0 Å². The molecule has 0 saturated heterocycles. The third-order valence-corrected chi connectivity index (χ3v) is 8.23. The number of benzene rings is 4. The summed E-state index contributed by atoms with van der Waals surface area (Å²) in [6.07, 6.45) is 0.929. The zero-order valence-electron chi connectivity index (χ0n) is 23.5. The number of hydrogen-bond acceptors (Lipinski definition) is 0. The average molecular weight is 551 g/mol. The molecule has 0 unspecified atom stereocenters. The molecule has 0 bridgehead atoms. The number of rotatable bonds is 4. The van der Waals surface area contributed by atoms with Crippen LogP contribution in [0.15, 0.2) is 115 Å². The van der Waals surface area contributed by atoms with E-state index < -0.39 is 0 Å². The molecule has 0 spiro atoms. The summed E-state index contributed by atoms with van der Waals surface area (Å²) in [7, 11) is 0. The van der Waals surface area contributed by atoms with E-state index in [1.807, 2.05) is 0 Å². The molecule has 4 aromatic carbocycles. The summed E-state index contributed by atoms with van der Waals surface area (Å²) in [5.74, 6) is 11.4. The SMILES string of the molecule is C[C]1[C](C)[C](C)[C](C)[C]1C.[Ni+2].c1ccc(C[C]2[C](c3ccccc3)[C](c3ccccc3)c3ccccc32)cc1. The zero-order chi connectivity index (χ0) is 26.6. The topological polar surface area (TPSA) is 0 Å². The van der Waals surface area contributed by atoms with Crippen LogP contribution in [0.25, 0.3) is 0 Å². The molecular formula is C38H36Ni+2. The van der Waals surface area contributed by atoms with Gasteiger partial charge in [-0.25, -0.2) is 0 Å². The van der Waals surface area contributed by atoms with E-state index >= 15 is 0 Å². The van der Waals surface area contributed by atoms with Crippen LogP contribution in [0.4, 0.5) is 0 Å². The van der Waals surface area contributed by atoms with Gasteiger partial charge in [0.2, 0.25) is 0 Å². The van der Waals surface area contributed by atoms with Crippen LogP contribution < -0.4 is 0 Å².